The number of thioether (sulfide) groups is 1. The average Bonchev–Trinajstić information content (AvgIpc) is 3.01. The Hall–Kier alpha value is -0.840. The number of fused-ring (bicyclic) bond motifs is 1. The van der Waals surface area contributed by atoms with Gasteiger partial charge in [0, 0.05) is 47.4 Å². The van der Waals surface area contributed by atoms with E-state index in [-0.39, 0.29) is 5.41 Å². The zero-order valence-electron chi connectivity index (χ0n) is 17.3. The number of nitrogens with zero attached hydrogens (tertiary/aromatic N) is 2. The number of benzene rings is 1. The zero-order chi connectivity index (χ0) is 19.6. The number of anilines is 1. The molecule has 3 nitrogen and oxygen atoms in total. The molecule has 1 aromatic rings. The number of piperazine rings is 1. The van der Waals surface area contributed by atoms with Gasteiger partial charge in [-0.3, -0.25) is 4.90 Å². The van der Waals surface area contributed by atoms with E-state index in [0.717, 1.165) is 48.8 Å². The molecule has 1 unspecified atom stereocenters. The van der Waals surface area contributed by atoms with Crippen LogP contribution in [0.5, 0.6) is 5.75 Å². The maximum atomic E-state index is 6.45. The molecular weight excluding hydrogens is 388 g/mol. The van der Waals surface area contributed by atoms with E-state index in [2.05, 4.69) is 59.7 Å². The molecule has 1 fully saturated rings. The maximum absolute atomic E-state index is 6.45. The fourth-order valence-electron chi connectivity index (χ4n) is 4.47. The van der Waals surface area contributed by atoms with E-state index in [4.69, 9.17) is 16.3 Å². The Kier molecular flexibility index (Phi) is 6.49. The third-order valence-corrected chi connectivity index (χ3v) is 7.89. The lowest BCUT2D eigenvalue weighted by Gasteiger charge is -2.36. The second-order valence-electron chi connectivity index (χ2n) is 8.93. The van der Waals surface area contributed by atoms with Crippen LogP contribution in [0.1, 0.15) is 45.1 Å². The van der Waals surface area contributed by atoms with Gasteiger partial charge in [-0.05, 0) is 50.1 Å². The van der Waals surface area contributed by atoms with Crippen molar-refractivity contribution in [1.29, 1.82) is 0 Å². The minimum Gasteiger partial charge on any atom is -0.490 e. The molecular formula is C23H33ClN2OS. The monoisotopic (exact) mass is 420 g/mol. The lowest BCUT2D eigenvalue weighted by molar-refractivity contribution is 0.257. The van der Waals surface area contributed by atoms with E-state index < -0.39 is 0 Å². The van der Waals surface area contributed by atoms with Crippen molar-refractivity contribution < 1.29 is 4.74 Å². The fourth-order valence-corrected chi connectivity index (χ4v) is 5.86. The first-order chi connectivity index (χ1) is 13.5. The summed E-state index contributed by atoms with van der Waals surface area (Å²) < 4.78 is 6.10. The molecule has 0 N–H and O–H groups in total. The zero-order valence-corrected chi connectivity index (χ0v) is 18.8. The molecule has 0 aromatic heterocycles. The molecule has 0 spiro atoms. The lowest BCUT2D eigenvalue weighted by atomic mass is 9.86. The van der Waals surface area contributed by atoms with E-state index in [1.807, 2.05) is 0 Å². The maximum Gasteiger partial charge on any atom is 0.146 e. The van der Waals surface area contributed by atoms with Gasteiger partial charge in [-0.2, -0.15) is 11.8 Å². The number of allylic oxidation sites excluding steroid dienone is 2. The molecule has 0 saturated carbocycles. The van der Waals surface area contributed by atoms with Crippen LogP contribution in [0.15, 0.2) is 24.3 Å². The van der Waals surface area contributed by atoms with Crippen LogP contribution < -0.4 is 9.64 Å². The first-order valence-corrected chi connectivity index (χ1v) is 12.2. The van der Waals surface area contributed by atoms with Crippen LogP contribution in [0, 0.1) is 0 Å². The molecule has 1 saturated heterocycles. The van der Waals surface area contributed by atoms with Crippen molar-refractivity contribution >= 4 is 29.1 Å². The van der Waals surface area contributed by atoms with Crippen molar-refractivity contribution in [3.05, 3.63) is 34.9 Å². The fraction of sp³-hybridized carbons (Fsp3) is 0.652. The Labute approximate surface area is 179 Å². The molecule has 154 valence electrons. The minimum absolute atomic E-state index is 0.0442. The first kappa shape index (κ1) is 20.4. The summed E-state index contributed by atoms with van der Waals surface area (Å²) in [5.74, 6) is 2.35. The average molecular weight is 421 g/mol. The van der Waals surface area contributed by atoms with Gasteiger partial charge in [-0.1, -0.05) is 37.6 Å². The summed E-state index contributed by atoms with van der Waals surface area (Å²) in [5, 5.41) is 1.68. The molecule has 28 heavy (non-hydrogen) atoms. The van der Waals surface area contributed by atoms with E-state index in [1.165, 1.54) is 49.2 Å². The number of hydrogen-bond donors (Lipinski definition) is 0. The summed E-state index contributed by atoms with van der Waals surface area (Å²) in [7, 11) is 0. The van der Waals surface area contributed by atoms with Crippen molar-refractivity contribution in [1.82, 2.24) is 4.90 Å². The van der Waals surface area contributed by atoms with Gasteiger partial charge < -0.3 is 9.64 Å². The van der Waals surface area contributed by atoms with Gasteiger partial charge in [-0.15, -0.1) is 0 Å². The Morgan fingerprint density at radius 1 is 1.18 bits per heavy atom. The van der Waals surface area contributed by atoms with Gasteiger partial charge in [-0.25, -0.2) is 0 Å². The summed E-state index contributed by atoms with van der Waals surface area (Å²) >= 11 is 8.63. The summed E-state index contributed by atoms with van der Waals surface area (Å²) in [5.41, 5.74) is 2.49. The van der Waals surface area contributed by atoms with Crippen LogP contribution >= 0.6 is 23.4 Å². The predicted molar refractivity (Wildman–Crippen MR) is 122 cm³/mol. The van der Waals surface area contributed by atoms with Gasteiger partial charge >= 0.3 is 0 Å². The van der Waals surface area contributed by atoms with Crippen LogP contribution in [-0.4, -0.2) is 55.2 Å². The largest absolute Gasteiger partial charge is 0.490 e. The topological polar surface area (TPSA) is 15.7 Å². The van der Waals surface area contributed by atoms with Crippen LogP contribution in [0.3, 0.4) is 0 Å². The minimum atomic E-state index is 0.0442. The van der Waals surface area contributed by atoms with Crippen molar-refractivity contribution in [2.24, 2.45) is 0 Å². The Morgan fingerprint density at radius 2 is 2.00 bits per heavy atom. The first-order valence-electron chi connectivity index (χ1n) is 10.7. The molecule has 0 amide bonds. The van der Waals surface area contributed by atoms with Crippen molar-refractivity contribution in [2.75, 3.05) is 50.0 Å². The van der Waals surface area contributed by atoms with E-state index >= 15 is 0 Å². The molecule has 2 heterocycles. The third-order valence-electron chi connectivity index (χ3n) is 6.25. The second-order valence-corrected chi connectivity index (χ2v) is 10.8. The smallest absolute Gasteiger partial charge is 0.146 e. The van der Waals surface area contributed by atoms with Gasteiger partial charge in [0.2, 0.25) is 0 Å². The lowest BCUT2D eigenvalue weighted by Crippen LogP contribution is -2.46. The molecule has 2 aliphatic heterocycles. The number of ether oxygens (including phenoxy) is 1. The van der Waals surface area contributed by atoms with Crippen LogP contribution in [0.25, 0.3) is 0 Å². The van der Waals surface area contributed by atoms with E-state index in [1.54, 1.807) is 0 Å². The highest BCUT2D eigenvalue weighted by Gasteiger charge is 2.35. The highest BCUT2D eigenvalue weighted by atomic mass is 35.5. The van der Waals surface area contributed by atoms with Crippen molar-refractivity contribution in [3.8, 4) is 5.75 Å². The summed E-state index contributed by atoms with van der Waals surface area (Å²) in [6.07, 6.45) is 9.90. The van der Waals surface area contributed by atoms with Crippen molar-refractivity contribution in [2.45, 2.75) is 50.2 Å². The third kappa shape index (κ3) is 4.66. The number of rotatable bonds is 6. The predicted octanol–water partition coefficient (Wildman–Crippen LogP) is 5.36. The molecule has 4 rings (SSSR count). The Balaban J connectivity index is 1.26. The standard InChI is InChI=1S/C23H33ClN2OS/c1-23(2)17-27-22-20(23)15-18(24)16-21(22)26-12-10-25(11-13-26)9-6-14-28-19-7-4-3-5-8-19/h3-4,15-16,19H,5-14,17H2,1-2H3. The summed E-state index contributed by atoms with van der Waals surface area (Å²) in [6.45, 7) is 10.8. The second kappa shape index (κ2) is 8.89. The molecule has 1 aromatic carbocycles. The number of hydrogen-bond acceptors (Lipinski definition) is 4. The Morgan fingerprint density at radius 3 is 2.75 bits per heavy atom. The number of halogens is 1. The molecule has 1 atom stereocenters. The summed E-state index contributed by atoms with van der Waals surface area (Å²) in [4.78, 5) is 5.08. The normalized spacial score (nSPS) is 24.2. The molecule has 0 radical (unpaired) electrons. The Bertz CT molecular complexity index is 713. The van der Waals surface area contributed by atoms with E-state index in [9.17, 15) is 0 Å². The molecule has 5 heteroatoms. The SMILES string of the molecule is CC1(C)COc2c(N3CCN(CCCSC4CC=CCC4)CC3)cc(Cl)cc21. The van der Waals surface area contributed by atoms with Gasteiger partial charge in [0.25, 0.3) is 0 Å². The van der Waals surface area contributed by atoms with Gasteiger partial charge in [0.1, 0.15) is 5.75 Å². The quantitative estimate of drug-likeness (QED) is 0.454. The highest BCUT2D eigenvalue weighted by molar-refractivity contribution is 7.99. The molecule has 1 aliphatic carbocycles. The van der Waals surface area contributed by atoms with Gasteiger partial charge in [0.05, 0.1) is 12.3 Å². The van der Waals surface area contributed by atoms with Crippen LogP contribution in [-0.2, 0) is 5.41 Å². The van der Waals surface area contributed by atoms with Crippen LogP contribution in [0.4, 0.5) is 5.69 Å². The summed E-state index contributed by atoms with van der Waals surface area (Å²) in [6, 6.07) is 4.18. The highest BCUT2D eigenvalue weighted by Crippen LogP contribution is 2.46. The van der Waals surface area contributed by atoms with Crippen LogP contribution in [0.2, 0.25) is 5.02 Å². The van der Waals surface area contributed by atoms with Gasteiger partial charge in [0.15, 0.2) is 0 Å². The molecule has 3 aliphatic rings. The van der Waals surface area contributed by atoms with E-state index in [0.29, 0.717) is 0 Å². The van der Waals surface area contributed by atoms with Crippen molar-refractivity contribution in [3.63, 3.8) is 0 Å². The molecule has 0 bridgehead atoms.